The summed E-state index contributed by atoms with van der Waals surface area (Å²) in [6, 6.07) is 8.41. The van der Waals surface area contributed by atoms with Crippen molar-refractivity contribution in [1.29, 1.82) is 0 Å². The zero-order valence-electron chi connectivity index (χ0n) is 15.3. The number of carboxylic acids is 1. The van der Waals surface area contributed by atoms with E-state index >= 15 is 0 Å². The van der Waals surface area contributed by atoms with E-state index in [1.165, 1.54) is 5.56 Å². The number of benzene rings is 1. The number of aromatic nitrogens is 2. The first-order valence-electron chi connectivity index (χ1n) is 8.85. The summed E-state index contributed by atoms with van der Waals surface area (Å²) in [6.07, 6.45) is 1.90. The maximum Gasteiger partial charge on any atom is 0.317 e. The van der Waals surface area contributed by atoms with Crippen molar-refractivity contribution in [2.45, 2.75) is 19.6 Å². The molecule has 1 aliphatic heterocycles. The number of carbonyl (C=O) groups is 1. The largest absolute Gasteiger partial charge is 0.480 e. The fraction of sp³-hybridized carbons (Fsp3) is 0.474. The van der Waals surface area contributed by atoms with E-state index < -0.39 is 5.97 Å². The predicted molar refractivity (Wildman–Crippen MR) is 98.9 cm³/mol. The lowest BCUT2D eigenvalue weighted by Crippen LogP contribution is -2.47. The number of carboxylic acid groups (broad SMARTS) is 1. The SMILES string of the molecule is Cc1ccc(-c2[nH]ncc2CN2CCOC(CN(C)CC(=O)O)C2)cc1. The van der Waals surface area contributed by atoms with Gasteiger partial charge < -0.3 is 9.84 Å². The van der Waals surface area contributed by atoms with Gasteiger partial charge in [0.15, 0.2) is 0 Å². The number of nitrogens with zero attached hydrogens (tertiary/aromatic N) is 3. The van der Waals surface area contributed by atoms with Gasteiger partial charge in [0, 0.05) is 31.7 Å². The number of aliphatic carboxylic acids is 1. The number of hydrogen-bond donors (Lipinski definition) is 2. The van der Waals surface area contributed by atoms with Gasteiger partial charge in [0.05, 0.1) is 31.1 Å². The molecular formula is C19H26N4O3. The summed E-state index contributed by atoms with van der Waals surface area (Å²) < 4.78 is 5.81. The Balaban J connectivity index is 1.61. The zero-order valence-corrected chi connectivity index (χ0v) is 15.3. The van der Waals surface area contributed by atoms with Crippen LogP contribution in [0.15, 0.2) is 30.5 Å². The van der Waals surface area contributed by atoms with E-state index in [9.17, 15) is 4.79 Å². The molecule has 7 nitrogen and oxygen atoms in total. The first kappa shape index (κ1) is 18.6. The lowest BCUT2D eigenvalue weighted by Gasteiger charge is -2.34. The van der Waals surface area contributed by atoms with Gasteiger partial charge in [-0.25, -0.2) is 0 Å². The quantitative estimate of drug-likeness (QED) is 0.782. The Morgan fingerprint density at radius 2 is 2.19 bits per heavy atom. The molecule has 0 bridgehead atoms. The minimum absolute atomic E-state index is 0.0165. The van der Waals surface area contributed by atoms with E-state index in [4.69, 9.17) is 9.84 Å². The maximum atomic E-state index is 10.8. The third-order valence-corrected chi connectivity index (χ3v) is 4.60. The number of hydrogen-bond acceptors (Lipinski definition) is 5. The maximum absolute atomic E-state index is 10.8. The van der Waals surface area contributed by atoms with Crippen molar-refractivity contribution < 1.29 is 14.6 Å². The van der Waals surface area contributed by atoms with Crippen LogP contribution in [-0.4, -0.2) is 77.0 Å². The number of H-pyrrole nitrogens is 1. The van der Waals surface area contributed by atoms with E-state index in [1.54, 1.807) is 4.90 Å². The monoisotopic (exact) mass is 358 g/mol. The number of morpholine rings is 1. The third-order valence-electron chi connectivity index (χ3n) is 4.60. The Morgan fingerprint density at radius 3 is 2.92 bits per heavy atom. The van der Waals surface area contributed by atoms with Crippen LogP contribution in [0.4, 0.5) is 0 Å². The van der Waals surface area contributed by atoms with Crippen LogP contribution in [0, 0.1) is 6.92 Å². The summed E-state index contributed by atoms with van der Waals surface area (Å²) in [5.41, 5.74) is 4.58. The van der Waals surface area contributed by atoms with Crippen molar-refractivity contribution in [2.75, 3.05) is 39.8 Å². The molecule has 3 rings (SSSR count). The van der Waals surface area contributed by atoms with Gasteiger partial charge >= 0.3 is 5.97 Å². The second kappa shape index (κ2) is 8.44. The minimum Gasteiger partial charge on any atom is -0.480 e. The molecule has 140 valence electrons. The fourth-order valence-electron chi connectivity index (χ4n) is 3.32. The van der Waals surface area contributed by atoms with Crippen LogP contribution >= 0.6 is 0 Å². The minimum atomic E-state index is -0.818. The molecule has 0 radical (unpaired) electrons. The molecule has 1 aromatic heterocycles. The number of aryl methyl sites for hydroxylation is 1. The Morgan fingerprint density at radius 1 is 1.42 bits per heavy atom. The van der Waals surface area contributed by atoms with Crippen molar-refractivity contribution in [3.05, 3.63) is 41.6 Å². The van der Waals surface area contributed by atoms with Crippen LogP contribution in [0.25, 0.3) is 11.3 Å². The second-order valence-electron chi connectivity index (χ2n) is 6.95. The van der Waals surface area contributed by atoms with Gasteiger partial charge in [-0.3, -0.25) is 19.7 Å². The van der Waals surface area contributed by atoms with Crippen molar-refractivity contribution in [2.24, 2.45) is 0 Å². The molecule has 26 heavy (non-hydrogen) atoms. The summed E-state index contributed by atoms with van der Waals surface area (Å²) in [5, 5.41) is 16.2. The summed E-state index contributed by atoms with van der Waals surface area (Å²) >= 11 is 0. The van der Waals surface area contributed by atoms with Gasteiger partial charge in [0.2, 0.25) is 0 Å². The normalized spacial score (nSPS) is 18.3. The summed E-state index contributed by atoms with van der Waals surface area (Å²) in [6.45, 7) is 5.80. The first-order chi connectivity index (χ1) is 12.5. The van der Waals surface area contributed by atoms with Gasteiger partial charge in [-0.15, -0.1) is 0 Å². The molecule has 2 N–H and O–H groups in total. The summed E-state index contributed by atoms with van der Waals surface area (Å²) in [4.78, 5) is 14.9. The molecule has 1 aromatic carbocycles. The van der Waals surface area contributed by atoms with Gasteiger partial charge in [-0.05, 0) is 19.5 Å². The topological polar surface area (TPSA) is 81.7 Å². The lowest BCUT2D eigenvalue weighted by molar-refractivity contribution is -0.138. The Hall–Kier alpha value is -2.22. The number of nitrogens with one attached hydrogen (secondary N) is 1. The highest BCUT2D eigenvalue weighted by molar-refractivity contribution is 5.69. The van der Waals surface area contributed by atoms with Gasteiger partial charge in [-0.1, -0.05) is 29.8 Å². The van der Waals surface area contributed by atoms with Crippen LogP contribution in [0.3, 0.4) is 0 Å². The van der Waals surface area contributed by atoms with Crippen molar-refractivity contribution in [1.82, 2.24) is 20.0 Å². The average Bonchev–Trinajstić information content (AvgIpc) is 3.03. The summed E-state index contributed by atoms with van der Waals surface area (Å²) in [5.74, 6) is -0.818. The number of rotatable bonds is 7. The predicted octanol–water partition coefficient (Wildman–Crippen LogP) is 1.60. The highest BCUT2D eigenvalue weighted by atomic mass is 16.5. The van der Waals surface area contributed by atoms with Gasteiger partial charge in [-0.2, -0.15) is 5.10 Å². The molecule has 0 aliphatic carbocycles. The molecule has 1 fully saturated rings. The lowest BCUT2D eigenvalue weighted by atomic mass is 10.1. The molecule has 1 unspecified atom stereocenters. The van der Waals surface area contributed by atoms with Gasteiger partial charge in [0.1, 0.15) is 0 Å². The van der Waals surface area contributed by atoms with E-state index in [0.717, 1.165) is 36.5 Å². The smallest absolute Gasteiger partial charge is 0.317 e. The molecule has 1 saturated heterocycles. The molecule has 2 aromatic rings. The highest BCUT2D eigenvalue weighted by Crippen LogP contribution is 2.23. The summed E-state index contributed by atoms with van der Waals surface area (Å²) in [7, 11) is 1.81. The molecule has 2 heterocycles. The van der Waals surface area contributed by atoms with Gasteiger partial charge in [0.25, 0.3) is 0 Å². The molecular weight excluding hydrogens is 332 g/mol. The van der Waals surface area contributed by atoms with Crippen LogP contribution in [0.1, 0.15) is 11.1 Å². The molecule has 1 atom stereocenters. The Kier molecular flexibility index (Phi) is 6.03. The van der Waals surface area contributed by atoms with Crippen LogP contribution in [0.5, 0.6) is 0 Å². The van der Waals surface area contributed by atoms with Crippen molar-refractivity contribution in [3.63, 3.8) is 0 Å². The van der Waals surface area contributed by atoms with E-state index in [2.05, 4.69) is 46.3 Å². The van der Waals surface area contributed by atoms with Crippen LogP contribution in [0.2, 0.25) is 0 Å². The van der Waals surface area contributed by atoms with Crippen molar-refractivity contribution in [3.8, 4) is 11.3 Å². The zero-order chi connectivity index (χ0) is 18.5. The van der Waals surface area contributed by atoms with Crippen LogP contribution in [-0.2, 0) is 16.1 Å². The van der Waals surface area contributed by atoms with E-state index in [0.29, 0.717) is 13.2 Å². The Bertz CT molecular complexity index is 729. The van der Waals surface area contributed by atoms with E-state index in [1.807, 2.05) is 13.2 Å². The molecule has 0 saturated carbocycles. The van der Waals surface area contributed by atoms with E-state index in [-0.39, 0.29) is 12.6 Å². The molecule has 0 spiro atoms. The highest BCUT2D eigenvalue weighted by Gasteiger charge is 2.23. The van der Waals surface area contributed by atoms with Crippen LogP contribution < -0.4 is 0 Å². The molecule has 0 amide bonds. The number of ether oxygens (including phenoxy) is 1. The fourth-order valence-corrected chi connectivity index (χ4v) is 3.32. The standard InChI is InChI=1S/C19H26N4O3/c1-14-3-5-15(6-4-14)19-16(9-20-21-19)10-23-7-8-26-17(12-23)11-22(2)13-18(24)25/h3-6,9,17H,7-8,10-13H2,1-2H3,(H,20,21)(H,24,25). The average molecular weight is 358 g/mol. The van der Waals surface area contributed by atoms with Crippen molar-refractivity contribution >= 4 is 5.97 Å². The second-order valence-corrected chi connectivity index (χ2v) is 6.95. The Labute approximate surface area is 153 Å². The molecule has 1 aliphatic rings. The first-order valence-corrected chi connectivity index (χ1v) is 8.85. The number of aromatic amines is 1. The third kappa shape index (κ3) is 4.91. The molecule has 7 heteroatoms. The number of likely N-dealkylation sites (N-methyl/N-ethyl adjacent to an activating group) is 1.